The number of nitrogens with zero attached hydrogens (tertiary/aromatic N) is 1. The molecule has 0 saturated carbocycles. The Labute approximate surface area is 83.8 Å². The maximum absolute atomic E-state index is 11.2. The summed E-state index contributed by atoms with van der Waals surface area (Å²) in [5.74, 6) is -0.575. The molecule has 5 nitrogen and oxygen atoms in total. The van der Waals surface area contributed by atoms with Crippen molar-refractivity contribution in [2.75, 3.05) is 6.61 Å². The molecule has 1 aromatic heterocycles. The Morgan fingerprint density at radius 3 is 3.00 bits per heavy atom. The van der Waals surface area contributed by atoms with Gasteiger partial charge in [-0.2, -0.15) is 0 Å². The molecule has 0 radical (unpaired) electrons. The number of ether oxygens (including phenoxy) is 1. The predicted octanol–water partition coefficient (Wildman–Crippen LogP) is 2.00. The molecule has 0 saturated heterocycles. The molecule has 0 N–H and O–H groups in total. The third-order valence-corrected chi connectivity index (χ3v) is 2.21. The van der Waals surface area contributed by atoms with Crippen molar-refractivity contribution >= 4 is 22.3 Å². The van der Waals surface area contributed by atoms with E-state index in [0.29, 0.717) is 0 Å². The van der Waals surface area contributed by atoms with Gasteiger partial charge in [0, 0.05) is 11.4 Å². The molecule has 0 atom stereocenters. The molecular weight excluding hydrogens is 206 g/mol. The number of hydrogen-bond acceptors (Lipinski definition) is 5. The lowest BCUT2D eigenvalue weighted by Gasteiger charge is -1.96. The van der Waals surface area contributed by atoms with Crippen molar-refractivity contribution in [3.8, 4) is 0 Å². The van der Waals surface area contributed by atoms with E-state index in [4.69, 9.17) is 4.74 Å². The van der Waals surface area contributed by atoms with E-state index >= 15 is 0 Å². The Bertz CT molecular complexity index is 371. The van der Waals surface area contributed by atoms with Gasteiger partial charge in [0.25, 0.3) is 0 Å². The van der Waals surface area contributed by atoms with E-state index in [0.717, 1.165) is 11.3 Å². The Morgan fingerprint density at radius 1 is 1.79 bits per heavy atom. The van der Waals surface area contributed by atoms with Gasteiger partial charge < -0.3 is 4.74 Å². The first-order valence-corrected chi connectivity index (χ1v) is 4.54. The molecule has 1 aromatic rings. The molecule has 0 aliphatic heterocycles. The van der Waals surface area contributed by atoms with Gasteiger partial charge in [0.15, 0.2) is 0 Å². The molecule has 1 rings (SSSR count). The molecule has 0 aliphatic rings. The minimum absolute atomic E-state index is 0.0736. The van der Waals surface area contributed by atoms with Gasteiger partial charge in [-0.3, -0.25) is 10.1 Å². The molecule has 0 fully saturated rings. The van der Waals surface area contributed by atoms with E-state index in [1.165, 1.54) is 17.5 Å². The molecule has 1 heterocycles. The first-order chi connectivity index (χ1) is 6.65. The van der Waals surface area contributed by atoms with Gasteiger partial charge in [-0.25, -0.2) is 4.79 Å². The van der Waals surface area contributed by atoms with Crippen LogP contribution in [-0.2, 0) is 4.74 Å². The zero-order chi connectivity index (χ0) is 10.6. The van der Waals surface area contributed by atoms with Gasteiger partial charge in [0.2, 0.25) is 0 Å². The molecule has 0 unspecified atom stereocenters. The van der Waals surface area contributed by atoms with Gasteiger partial charge in [-0.05, 0) is 0 Å². The SMILES string of the molecule is C=CCOC(=O)c1csc([N+](=O)[O-])c1. The Hall–Kier alpha value is -1.69. The molecule has 74 valence electrons. The zero-order valence-electron chi connectivity index (χ0n) is 7.13. The Morgan fingerprint density at radius 2 is 2.50 bits per heavy atom. The second kappa shape index (κ2) is 4.52. The average Bonchev–Trinajstić information content (AvgIpc) is 2.62. The highest BCUT2D eigenvalue weighted by Gasteiger charge is 2.15. The lowest BCUT2D eigenvalue weighted by Crippen LogP contribution is -2.03. The number of rotatable bonds is 4. The summed E-state index contributed by atoms with van der Waals surface area (Å²) >= 11 is 0.894. The highest BCUT2D eigenvalue weighted by Crippen LogP contribution is 2.22. The van der Waals surface area contributed by atoms with Crippen molar-refractivity contribution in [1.82, 2.24) is 0 Å². The fourth-order valence-corrected chi connectivity index (χ4v) is 1.44. The van der Waals surface area contributed by atoms with Crippen LogP contribution in [0.1, 0.15) is 10.4 Å². The summed E-state index contributed by atoms with van der Waals surface area (Å²) in [6.45, 7) is 3.48. The lowest BCUT2D eigenvalue weighted by atomic mass is 10.3. The molecule has 0 aromatic carbocycles. The minimum atomic E-state index is -0.575. The quantitative estimate of drug-likeness (QED) is 0.332. The number of nitro groups is 1. The third-order valence-electron chi connectivity index (χ3n) is 1.33. The number of esters is 1. The van der Waals surface area contributed by atoms with Crippen molar-refractivity contribution in [2.24, 2.45) is 0 Å². The van der Waals surface area contributed by atoms with Crippen molar-refractivity contribution < 1.29 is 14.5 Å². The van der Waals surface area contributed by atoms with E-state index in [9.17, 15) is 14.9 Å². The normalized spacial score (nSPS) is 9.43. The summed E-state index contributed by atoms with van der Waals surface area (Å²) in [6.07, 6.45) is 1.43. The number of hydrogen-bond donors (Lipinski definition) is 0. The van der Waals surface area contributed by atoms with Crippen LogP contribution in [0.5, 0.6) is 0 Å². The molecule has 6 heteroatoms. The highest BCUT2D eigenvalue weighted by atomic mass is 32.1. The molecular formula is C8H7NO4S. The van der Waals surface area contributed by atoms with Crippen LogP contribution < -0.4 is 0 Å². The summed E-state index contributed by atoms with van der Waals surface area (Å²) in [6, 6.07) is 1.19. The van der Waals surface area contributed by atoms with E-state index < -0.39 is 10.9 Å². The Kier molecular flexibility index (Phi) is 3.35. The van der Waals surface area contributed by atoms with Crippen LogP contribution in [0.4, 0.5) is 5.00 Å². The van der Waals surface area contributed by atoms with E-state index in [2.05, 4.69) is 6.58 Å². The van der Waals surface area contributed by atoms with Crippen molar-refractivity contribution in [3.05, 3.63) is 39.8 Å². The maximum Gasteiger partial charge on any atom is 0.339 e. The zero-order valence-corrected chi connectivity index (χ0v) is 7.95. The second-order valence-corrected chi connectivity index (χ2v) is 3.21. The second-order valence-electron chi connectivity index (χ2n) is 2.32. The smallest absolute Gasteiger partial charge is 0.339 e. The van der Waals surface area contributed by atoms with Gasteiger partial charge in [-0.15, -0.1) is 0 Å². The predicted molar refractivity (Wildman–Crippen MR) is 51.5 cm³/mol. The van der Waals surface area contributed by atoms with Crippen LogP contribution in [0, 0.1) is 10.1 Å². The first-order valence-electron chi connectivity index (χ1n) is 3.66. The minimum Gasteiger partial charge on any atom is -0.458 e. The van der Waals surface area contributed by atoms with Crippen molar-refractivity contribution in [3.63, 3.8) is 0 Å². The van der Waals surface area contributed by atoms with Crippen LogP contribution in [0.3, 0.4) is 0 Å². The summed E-state index contributed by atoms with van der Waals surface area (Å²) < 4.78 is 4.70. The summed E-state index contributed by atoms with van der Waals surface area (Å²) in [5.41, 5.74) is 0.198. The highest BCUT2D eigenvalue weighted by molar-refractivity contribution is 7.13. The average molecular weight is 213 g/mol. The van der Waals surface area contributed by atoms with Crippen molar-refractivity contribution in [2.45, 2.75) is 0 Å². The van der Waals surface area contributed by atoms with Crippen LogP contribution >= 0.6 is 11.3 Å². The monoisotopic (exact) mass is 213 g/mol. The molecule has 0 aliphatic carbocycles. The lowest BCUT2D eigenvalue weighted by molar-refractivity contribution is -0.380. The maximum atomic E-state index is 11.2. The van der Waals surface area contributed by atoms with E-state index in [1.54, 1.807) is 0 Å². The van der Waals surface area contributed by atoms with Crippen LogP contribution in [0.25, 0.3) is 0 Å². The number of carbonyl (C=O) groups is 1. The van der Waals surface area contributed by atoms with Gasteiger partial charge >= 0.3 is 11.0 Å². The third kappa shape index (κ3) is 2.40. The van der Waals surface area contributed by atoms with Crippen molar-refractivity contribution in [1.29, 1.82) is 0 Å². The summed E-state index contributed by atoms with van der Waals surface area (Å²) in [5, 5.41) is 11.6. The number of carbonyl (C=O) groups excluding carboxylic acids is 1. The number of thiophene rings is 1. The topological polar surface area (TPSA) is 69.4 Å². The largest absolute Gasteiger partial charge is 0.458 e. The fourth-order valence-electron chi connectivity index (χ4n) is 0.746. The molecule has 14 heavy (non-hydrogen) atoms. The van der Waals surface area contributed by atoms with E-state index in [-0.39, 0.29) is 17.2 Å². The molecule has 0 bridgehead atoms. The van der Waals surface area contributed by atoms with Crippen LogP contribution in [0.15, 0.2) is 24.1 Å². The van der Waals surface area contributed by atoms with Gasteiger partial charge in [0.05, 0.1) is 10.5 Å². The molecule has 0 amide bonds. The van der Waals surface area contributed by atoms with Gasteiger partial charge in [0.1, 0.15) is 6.61 Å². The van der Waals surface area contributed by atoms with Gasteiger partial charge in [-0.1, -0.05) is 24.0 Å². The molecule has 0 spiro atoms. The fraction of sp³-hybridized carbons (Fsp3) is 0.125. The standard InChI is InChI=1S/C8H7NO4S/c1-2-3-13-8(10)6-4-7(9(11)12)14-5-6/h2,4-5H,1,3H2. The Balaban J connectivity index is 2.71. The van der Waals surface area contributed by atoms with E-state index in [1.807, 2.05) is 0 Å². The van der Waals surface area contributed by atoms with Crippen LogP contribution in [-0.4, -0.2) is 17.5 Å². The summed E-state index contributed by atoms with van der Waals surface area (Å²) in [4.78, 5) is 20.9. The van der Waals surface area contributed by atoms with Crippen LogP contribution in [0.2, 0.25) is 0 Å². The first kappa shape index (κ1) is 10.4. The summed E-state index contributed by atoms with van der Waals surface area (Å²) in [7, 11) is 0.